The van der Waals surface area contributed by atoms with Gasteiger partial charge in [-0.05, 0) is 36.4 Å². The lowest BCUT2D eigenvalue weighted by Gasteiger charge is -2.09. The highest BCUT2D eigenvalue weighted by Crippen LogP contribution is 2.19. The SMILES string of the molecule is Nc1cc(Br)ccc1C(=O)NCc1cc(Br)ccc1F. The van der Waals surface area contributed by atoms with E-state index in [1.807, 2.05) is 0 Å². The predicted molar refractivity (Wildman–Crippen MR) is 83.8 cm³/mol. The molecule has 0 unspecified atom stereocenters. The summed E-state index contributed by atoms with van der Waals surface area (Å²) in [5, 5.41) is 2.65. The number of carbonyl (C=O) groups excluding carboxylic acids is 1. The Morgan fingerprint density at radius 3 is 2.50 bits per heavy atom. The number of nitrogens with two attached hydrogens (primary N) is 1. The second kappa shape index (κ2) is 6.37. The number of hydrogen-bond acceptors (Lipinski definition) is 2. The number of hydrogen-bond donors (Lipinski definition) is 2. The van der Waals surface area contributed by atoms with E-state index < -0.39 is 0 Å². The van der Waals surface area contributed by atoms with Gasteiger partial charge in [0.15, 0.2) is 0 Å². The fourth-order valence-corrected chi connectivity index (χ4v) is 2.48. The van der Waals surface area contributed by atoms with Gasteiger partial charge in [-0.15, -0.1) is 0 Å². The Balaban J connectivity index is 2.10. The van der Waals surface area contributed by atoms with Crippen LogP contribution in [0.4, 0.5) is 10.1 Å². The molecule has 104 valence electrons. The summed E-state index contributed by atoms with van der Waals surface area (Å²) in [5.74, 6) is -0.702. The van der Waals surface area contributed by atoms with Gasteiger partial charge in [0.1, 0.15) is 5.82 Å². The molecule has 2 rings (SSSR count). The van der Waals surface area contributed by atoms with E-state index in [2.05, 4.69) is 37.2 Å². The van der Waals surface area contributed by atoms with Crippen LogP contribution in [-0.4, -0.2) is 5.91 Å². The van der Waals surface area contributed by atoms with Crippen molar-refractivity contribution in [2.24, 2.45) is 0 Å². The van der Waals surface area contributed by atoms with Crippen LogP contribution in [0.25, 0.3) is 0 Å². The lowest BCUT2D eigenvalue weighted by Crippen LogP contribution is -2.24. The summed E-state index contributed by atoms with van der Waals surface area (Å²) in [7, 11) is 0. The van der Waals surface area contributed by atoms with Crippen LogP contribution in [0.5, 0.6) is 0 Å². The molecule has 0 fully saturated rings. The second-order valence-corrected chi connectivity index (χ2v) is 5.98. The van der Waals surface area contributed by atoms with E-state index in [9.17, 15) is 9.18 Å². The summed E-state index contributed by atoms with van der Waals surface area (Å²) >= 11 is 6.54. The highest BCUT2D eigenvalue weighted by atomic mass is 79.9. The van der Waals surface area contributed by atoms with E-state index in [0.29, 0.717) is 16.8 Å². The number of nitrogens with one attached hydrogen (secondary N) is 1. The molecular formula is C14H11Br2FN2O. The highest BCUT2D eigenvalue weighted by molar-refractivity contribution is 9.10. The molecule has 6 heteroatoms. The highest BCUT2D eigenvalue weighted by Gasteiger charge is 2.11. The van der Waals surface area contributed by atoms with Crippen LogP contribution in [-0.2, 0) is 6.54 Å². The molecule has 2 aromatic rings. The predicted octanol–water partition coefficient (Wildman–Crippen LogP) is 3.86. The Hall–Kier alpha value is -1.40. The van der Waals surface area contributed by atoms with Crippen LogP contribution in [0.15, 0.2) is 45.3 Å². The van der Waals surface area contributed by atoms with E-state index in [4.69, 9.17) is 5.73 Å². The zero-order valence-corrected chi connectivity index (χ0v) is 13.5. The molecule has 3 nitrogen and oxygen atoms in total. The number of halogens is 3. The van der Waals surface area contributed by atoms with E-state index >= 15 is 0 Å². The van der Waals surface area contributed by atoms with Crippen LogP contribution in [0.1, 0.15) is 15.9 Å². The third-order valence-electron chi connectivity index (χ3n) is 2.71. The zero-order valence-electron chi connectivity index (χ0n) is 10.3. The van der Waals surface area contributed by atoms with Crippen molar-refractivity contribution in [1.29, 1.82) is 0 Å². The lowest BCUT2D eigenvalue weighted by atomic mass is 10.1. The van der Waals surface area contributed by atoms with Crippen molar-refractivity contribution in [3.63, 3.8) is 0 Å². The van der Waals surface area contributed by atoms with Crippen molar-refractivity contribution in [2.45, 2.75) is 6.54 Å². The average Bonchev–Trinajstić information content (AvgIpc) is 2.39. The first-order valence-corrected chi connectivity index (χ1v) is 7.33. The maximum absolute atomic E-state index is 13.6. The standard InChI is InChI=1S/C14H11Br2FN2O/c15-9-2-4-12(17)8(5-9)7-19-14(20)11-3-1-10(16)6-13(11)18/h1-6H,7,18H2,(H,19,20). The van der Waals surface area contributed by atoms with Gasteiger partial charge in [0, 0.05) is 26.7 Å². The molecule has 0 radical (unpaired) electrons. The molecule has 3 N–H and O–H groups in total. The van der Waals surface area contributed by atoms with Gasteiger partial charge < -0.3 is 11.1 Å². The monoisotopic (exact) mass is 400 g/mol. The molecule has 0 aliphatic carbocycles. The van der Waals surface area contributed by atoms with Gasteiger partial charge >= 0.3 is 0 Å². The number of amides is 1. The molecule has 0 heterocycles. The first-order chi connectivity index (χ1) is 9.47. The van der Waals surface area contributed by atoms with E-state index in [-0.39, 0.29) is 18.3 Å². The number of nitrogen functional groups attached to an aromatic ring is 1. The van der Waals surface area contributed by atoms with Crippen LogP contribution >= 0.6 is 31.9 Å². The molecule has 0 saturated carbocycles. The minimum Gasteiger partial charge on any atom is -0.398 e. The molecule has 0 spiro atoms. The molecule has 0 aliphatic heterocycles. The smallest absolute Gasteiger partial charge is 0.253 e. The van der Waals surface area contributed by atoms with Crippen molar-refractivity contribution in [2.75, 3.05) is 5.73 Å². The Labute approximate surface area is 132 Å². The number of benzene rings is 2. The molecule has 0 bridgehead atoms. The third kappa shape index (κ3) is 3.58. The number of rotatable bonds is 3. The van der Waals surface area contributed by atoms with Crippen molar-refractivity contribution >= 4 is 43.5 Å². The molecule has 0 atom stereocenters. The van der Waals surface area contributed by atoms with Gasteiger partial charge in [0.25, 0.3) is 5.91 Å². The molecule has 1 amide bonds. The molecule has 0 aliphatic rings. The maximum Gasteiger partial charge on any atom is 0.253 e. The van der Waals surface area contributed by atoms with Crippen LogP contribution in [0.3, 0.4) is 0 Å². The second-order valence-electron chi connectivity index (χ2n) is 4.15. The minimum atomic E-state index is -0.364. The fourth-order valence-electron chi connectivity index (χ4n) is 1.69. The van der Waals surface area contributed by atoms with Gasteiger partial charge in [0.2, 0.25) is 0 Å². The van der Waals surface area contributed by atoms with Crippen molar-refractivity contribution in [1.82, 2.24) is 5.32 Å². The van der Waals surface area contributed by atoms with Crippen LogP contribution < -0.4 is 11.1 Å². The lowest BCUT2D eigenvalue weighted by molar-refractivity contribution is 0.0951. The molecule has 20 heavy (non-hydrogen) atoms. The Morgan fingerprint density at radius 1 is 1.15 bits per heavy atom. The van der Waals surface area contributed by atoms with Gasteiger partial charge in [-0.25, -0.2) is 4.39 Å². The Morgan fingerprint density at radius 2 is 1.80 bits per heavy atom. The van der Waals surface area contributed by atoms with Crippen molar-refractivity contribution in [3.8, 4) is 0 Å². The summed E-state index contributed by atoms with van der Waals surface area (Å²) in [5.41, 5.74) is 6.91. The summed E-state index contributed by atoms with van der Waals surface area (Å²) < 4.78 is 15.1. The van der Waals surface area contributed by atoms with Crippen LogP contribution in [0, 0.1) is 5.82 Å². The van der Waals surface area contributed by atoms with Gasteiger partial charge in [0.05, 0.1) is 5.56 Å². The number of carbonyl (C=O) groups is 1. The van der Waals surface area contributed by atoms with Crippen molar-refractivity contribution < 1.29 is 9.18 Å². The maximum atomic E-state index is 13.6. The largest absolute Gasteiger partial charge is 0.398 e. The fraction of sp³-hybridized carbons (Fsp3) is 0.0714. The average molecular weight is 402 g/mol. The molecule has 0 aromatic heterocycles. The summed E-state index contributed by atoms with van der Waals surface area (Å²) in [6, 6.07) is 9.57. The van der Waals surface area contributed by atoms with E-state index in [1.165, 1.54) is 6.07 Å². The zero-order chi connectivity index (χ0) is 14.7. The summed E-state index contributed by atoms with van der Waals surface area (Å²) in [6.07, 6.45) is 0. The van der Waals surface area contributed by atoms with Gasteiger partial charge in [-0.3, -0.25) is 4.79 Å². The summed E-state index contributed by atoms with van der Waals surface area (Å²) in [4.78, 5) is 12.0. The normalized spacial score (nSPS) is 10.3. The molecular weight excluding hydrogens is 391 g/mol. The van der Waals surface area contributed by atoms with Crippen molar-refractivity contribution in [3.05, 3.63) is 62.3 Å². The van der Waals surface area contributed by atoms with E-state index in [0.717, 1.165) is 8.95 Å². The van der Waals surface area contributed by atoms with Gasteiger partial charge in [-0.2, -0.15) is 0 Å². The molecule has 2 aromatic carbocycles. The minimum absolute atomic E-state index is 0.0968. The van der Waals surface area contributed by atoms with Gasteiger partial charge in [-0.1, -0.05) is 31.9 Å². The third-order valence-corrected chi connectivity index (χ3v) is 3.69. The Bertz CT molecular complexity index is 662. The first kappa shape index (κ1) is 15.0. The summed E-state index contributed by atoms with van der Waals surface area (Å²) in [6.45, 7) is 0.0968. The number of anilines is 1. The Kier molecular flexibility index (Phi) is 4.77. The molecule has 0 saturated heterocycles. The van der Waals surface area contributed by atoms with E-state index in [1.54, 1.807) is 30.3 Å². The topological polar surface area (TPSA) is 55.1 Å². The first-order valence-electron chi connectivity index (χ1n) is 5.74. The van der Waals surface area contributed by atoms with Crippen LogP contribution in [0.2, 0.25) is 0 Å². The quantitative estimate of drug-likeness (QED) is 0.767.